The van der Waals surface area contributed by atoms with E-state index in [4.69, 9.17) is 0 Å². The lowest BCUT2D eigenvalue weighted by atomic mass is 10.2. The third-order valence-corrected chi connectivity index (χ3v) is 1.84. The lowest BCUT2D eigenvalue weighted by Gasteiger charge is -1.84. The molecule has 0 aliphatic carbocycles. The maximum atomic E-state index is 11.0. The fourth-order valence-electron chi connectivity index (χ4n) is 1.31. The lowest BCUT2D eigenvalue weighted by molar-refractivity contribution is -0.451. The highest BCUT2D eigenvalue weighted by Gasteiger charge is 2.25. The van der Waals surface area contributed by atoms with Gasteiger partial charge in [-0.05, 0) is 0 Å². The smallest absolute Gasteiger partial charge is 0.147 e. The standard InChI is InChI=1S/C8H8NO.ClH/c10-9-6-5-7-3-1-2-4-8(7)9;/h1-4H,5-6H2;1H/q+1;. The summed E-state index contributed by atoms with van der Waals surface area (Å²) in [6.45, 7) is 0.624. The first kappa shape index (κ1) is 8.21. The molecule has 1 aliphatic heterocycles. The predicted octanol–water partition coefficient (Wildman–Crippen LogP) is 2.07. The maximum Gasteiger partial charge on any atom is 0.259 e. The van der Waals surface area contributed by atoms with E-state index in [-0.39, 0.29) is 12.4 Å². The van der Waals surface area contributed by atoms with E-state index in [1.807, 2.05) is 24.3 Å². The molecular weight excluding hydrogens is 162 g/mol. The summed E-state index contributed by atoms with van der Waals surface area (Å²) >= 11 is 0. The zero-order chi connectivity index (χ0) is 6.97. The Morgan fingerprint density at radius 3 is 2.73 bits per heavy atom. The summed E-state index contributed by atoms with van der Waals surface area (Å²) in [5.74, 6) is 0. The minimum Gasteiger partial charge on any atom is -0.147 e. The molecule has 0 radical (unpaired) electrons. The van der Waals surface area contributed by atoms with Gasteiger partial charge >= 0.3 is 0 Å². The molecular formula is C8H9ClNO+. The Labute approximate surface area is 71.2 Å². The van der Waals surface area contributed by atoms with Crippen LogP contribution in [0, 0.1) is 4.91 Å². The fraction of sp³-hybridized carbons (Fsp3) is 0.250. The highest BCUT2D eigenvalue weighted by atomic mass is 35.5. The van der Waals surface area contributed by atoms with Crippen molar-refractivity contribution in [3.8, 4) is 0 Å². The molecule has 1 aliphatic rings. The van der Waals surface area contributed by atoms with Crippen LogP contribution in [0.4, 0.5) is 5.69 Å². The minimum absolute atomic E-state index is 0. The number of para-hydroxylation sites is 1. The molecule has 0 spiro atoms. The van der Waals surface area contributed by atoms with Crippen LogP contribution in [0.2, 0.25) is 0 Å². The summed E-state index contributed by atoms with van der Waals surface area (Å²) in [4.78, 5) is 11.0. The van der Waals surface area contributed by atoms with Gasteiger partial charge in [-0.15, -0.1) is 12.4 Å². The molecule has 2 rings (SSSR count). The molecule has 58 valence electrons. The van der Waals surface area contributed by atoms with E-state index in [0.29, 0.717) is 6.54 Å². The van der Waals surface area contributed by atoms with Crippen LogP contribution < -0.4 is 0 Å². The van der Waals surface area contributed by atoms with Crippen molar-refractivity contribution < 1.29 is 4.76 Å². The molecule has 0 atom stereocenters. The van der Waals surface area contributed by atoms with Gasteiger partial charge in [-0.2, -0.15) is 0 Å². The van der Waals surface area contributed by atoms with Crippen LogP contribution in [0.15, 0.2) is 24.3 Å². The van der Waals surface area contributed by atoms with Crippen LogP contribution in [0.1, 0.15) is 5.56 Å². The SMILES string of the molecule is Cl.O=[N+]1CCc2ccccc21. The molecule has 0 amide bonds. The van der Waals surface area contributed by atoms with E-state index >= 15 is 0 Å². The largest absolute Gasteiger partial charge is 0.259 e. The first-order chi connectivity index (χ1) is 4.88. The average molecular weight is 171 g/mol. The van der Waals surface area contributed by atoms with Gasteiger partial charge in [0.15, 0.2) is 0 Å². The third-order valence-electron chi connectivity index (χ3n) is 1.84. The number of nitrogens with zero attached hydrogens (tertiary/aromatic N) is 1. The number of hydrogen-bond acceptors (Lipinski definition) is 1. The first-order valence-corrected chi connectivity index (χ1v) is 3.40. The van der Waals surface area contributed by atoms with Gasteiger partial charge in [0.05, 0.1) is 0 Å². The molecule has 0 aromatic heterocycles. The number of nitroso groups, excluding NO2 is 1. The molecule has 0 saturated heterocycles. The molecule has 0 N–H and O–H groups in total. The number of halogens is 1. The van der Waals surface area contributed by atoms with Crippen molar-refractivity contribution >= 4 is 18.1 Å². The van der Waals surface area contributed by atoms with Gasteiger partial charge in [-0.25, -0.2) is 0 Å². The number of benzene rings is 1. The van der Waals surface area contributed by atoms with Gasteiger partial charge < -0.3 is 0 Å². The van der Waals surface area contributed by atoms with Gasteiger partial charge in [0.2, 0.25) is 6.54 Å². The van der Waals surface area contributed by atoms with Crippen molar-refractivity contribution in [1.82, 2.24) is 0 Å². The highest BCUT2D eigenvalue weighted by Crippen LogP contribution is 2.24. The molecule has 1 heterocycles. The minimum atomic E-state index is 0. The van der Waals surface area contributed by atoms with Gasteiger partial charge in [0.25, 0.3) is 5.69 Å². The van der Waals surface area contributed by atoms with E-state index < -0.39 is 0 Å². The molecule has 0 unspecified atom stereocenters. The Morgan fingerprint density at radius 2 is 2.00 bits per heavy atom. The quantitative estimate of drug-likeness (QED) is 0.546. The molecule has 11 heavy (non-hydrogen) atoms. The van der Waals surface area contributed by atoms with Crippen molar-refractivity contribution in [2.75, 3.05) is 6.54 Å². The van der Waals surface area contributed by atoms with Gasteiger partial charge in [0.1, 0.15) is 0 Å². The molecule has 1 aromatic carbocycles. The van der Waals surface area contributed by atoms with E-state index in [2.05, 4.69) is 0 Å². The maximum absolute atomic E-state index is 11.0. The highest BCUT2D eigenvalue weighted by molar-refractivity contribution is 5.85. The normalized spacial score (nSPS) is 14.0. The van der Waals surface area contributed by atoms with E-state index in [0.717, 1.165) is 16.9 Å². The zero-order valence-corrected chi connectivity index (χ0v) is 6.80. The van der Waals surface area contributed by atoms with Crippen molar-refractivity contribution in [1.29, 1.82) is 0 Å². The van der Waals surface area contributed by atoms with E-state index in [1.54, 1.807) is 0 Å². The summed E-state index contributed by atoms with van der Waals surface area (Å²) in [5, 5.41) is 0. The van der Waals surface area contributed by atoms with Gasteiger partial charge in [-0.3, -0.25) is 0 Å². The Balaban J connectivity index is 0.000000605. The number of hydrogen-bond donors (Lipinski definition) is 0. The summed E-state index contributed by atoms with van der Waals surface area (Å²) in [6.07, 6.45) is 0.902. The van der Waals surface area contributed by atoms with Crippen LogP contribution in [0.5, 0.6) is 0 Å². The second-order valence-corrected chi connectivity index (χ2v) is 2.48. The van der Waals surface area contributed by atoms with Gasteiger partial charge in [-0.1, -0.05) is 18.2 Å². The molecule has 3 heteroatoms. The average Bonchev–Trinajstić information content (AvgIpc) is 2.34. The molecule has 0 bridgehead atoms. The van der Waals surface area contributed by atoms with Crippen LogP contribution in [-0.2, 0) is 6.42 Å². The van der Waals surface area contributed by atoms with Crippen molar-refractivity contribution in [3.05, 3.63) is 34.7 Å². The molecule has 2 nitrogen and oxygen atoms in total. The molecule has 0 saturated carbocycles. The monoisotopic (exact) mass is 170 g/mol. The Kier molecular flexibility index (Phi) is 2.25. The summed E-state index contributed by atoms with van der Waals surface area (Å²) in [7, 11) is 0. The Hall–Kier alpha value is -0.890. The van der Waals surface area contributed by atoms with Crippen molar-refractivity contribution in [3.63, 3.8) is 0 Å². The number of rotatable bonds is 0. The summed E-state index contributed by atoms with van der Waals surface area (Å²) in [5.41, 5.74) is 2.03. The van der Waals surface area contributed by atoms with Gasteiger partial charge in [0, 0.05) is 27.7 Å². The Bertz CT molecular complexity index is 285. The van der Waals surface area contributed by atoms with Crippen LogP contribution in [0.25, 0.3) is 0 Å². The summed E-state index contributed by atoms with van der Waals surface area (Å²) in [6, 6.07) is 7.75. The third kappa shape index (κ3) is 1.26. The topological polar surface area (TPSA) is 20.1 Å². The van der Waals surface area contributed by atoms with Crippen molar-refractivity contribution in [2.24, 2.45) is 0 Å². The summed E-state index contributed by atoms with van der Waals surface area (Å²) < 4.78 is 1.05. The zero-order valence-electron chi connectivity index (χ0n) is 5.99. The first-order valence-electron chi connectivity index (χ1n) is 3.40. The van der Waals surface area contributed by atoms with Crippen LogP contribution in [0.3, 0.4) is 0 Å². The number of fused-ring (bicyclic) bond motifs is 1. The Morgan fingerprint density at radius 1 is 1.27 bits per heavy atom. The predicted molar refractivity (Wildman–Crippen MR) is 45.5 cm³/mol. The second-order valence-electron chi connectivity index (χ2n) is 2.48. The van der Waals surface area contributed by atoms with Crippen LogP contribution >= 0.6 is 12.4 Å². The molecule has 1 aromatic rings. The van der Waals surface area contributed by atoms with E-state index in [9.17, 15) is 4.91 Å². The van der Waals surface area contributed by atoms with Crippen molar-refractivity contribution in [2.45, 2.75) is 6.42 Å². The van der Waals surface area contributed by atoms with E-state index in [1.165, 1.54) is 5.56 Å². The second kappa shape index (κ2) is 3.01. The molecule has 0 fully saturated rings. The lowest BCUT2D eigenvalue weighted by Crippen LogP contribution is -1.93. The van der Waals surface area contributed by atoms with Crippen LogP contribution in [-0.4, -0.2) is 11.3 Å². The fourth-order valence-corrected chi connectivity index (χ4v) is 1.31.